The van der Waals surface area contributed by atoms with E-state index in [9.17, 15) is 4.79 Å². The number of carbonyl (C=O) groups is 1. The number of aromatic nitrogens is 2. The van der Waals surface area contributed by atoms with Gasteiger partial charge in [0.25, 0.3) is 0 Å². The van der Waals surface area contributed by atoms with Crippen LogP contribution in [0.5, 0.6) is 0 Å². The number of H-pyrrole nitrogens is 1. The first-order valence-electron chi connectivity index (χ1n) is 6.86. The minimum absolute atomic E-state index is 0.0525. The van der Waals surface area contributed by atoms with Crippen molar-refractivity contribution >= 4 is 5.78 Å². The average Bonchev–Trinajstić information content (AvgIpc) is 2.91. The summed E-state index contributed by atoms with van der Waals surface area (Å²) < 4.78 is 0. The van der Waals surface area contributed by atoms with Crippen LogP contribution in [0.25, 0.3) is 0 Å². The Kier molecular flexibility index (Phi) is 2.77. The summed E-state index contributed by atoms with van der Waals surface area (Å²) >= 11 is 0. The Balaban J connectivity index is 1.93. The maximum absolute atomic E-state index is 12.7. The monoisotopic (exact) mass is 232 g/mol. The maximum Gasteiger partial charge on any atom is 0.187 e. The smallest absolute Gasteiger partial charge is 0.187 e. The van der Waals surface area contributed by atoms with Gasteiger partial charge in [0.1, 0.15) is 5.69 Å². The fraction of sp³-hybridized carbons (Fsp3) is 0.714. The summed E-state index contributed by atoms with van der Waals surface area (Å²) in [6.45, 7) is 0. The van der Waals surface area contributed by atoms with Crippen molar-refractivity contribution in [3.05, 3.63) is 18.2 Å². The van der Waals surface area contributed by atoms with Gasteiger partial charge >= 0.3 is 0 Å². The lowest BCUT2D eigenvalue weighted by Gasteiger charge is -2.46. The Morgan fingerprint density at radius 3 is 2.53 bits per heavy atom. The number of carbonyl (C=O) groups excluding carboxylic acids is 1. The molecule has 2 saturated carbocycles. The molecule has 0 aliphatic heterocycles. The van der Waals surface area contributed by atoms with Crippen LogP contribution in [-0.2, 0) is 0 Å². The first-order valence-corrected chi connectivity index (χ1v) is 6.86. The Hall–Kier alpha value is -1.12. The lowest BCUT2D eigenvalue weighted by molar-refractivity contribution is 0.0341. The predicted molar refractivity (Wildman–Crippen MR) is 65.8 cm³/mol. The third-order valence-corrected chi connectivity index (χ3v) is 4.83. The van der Waals surface area contributed by atoms with Crippen LogP contribution in [0, 0.1) is 11.3 Å². The van der Waals surface area contributed by atoms with Gasteiger partial charge in [0.2, 0.25) is 0 Å². The van der Waals surface area contributed by atoms with E-state index in [4.69, 9.17) is 0 Å². The zero-order valence-corrected chi connectivity index (χ0v) is 10.2. The van der Waals surface area contributed by atoms with Gasteiger partial charge in [-0.2, -0.15) is 0 Å². The van der Waals surface area contributed by atoms with Crippen LogP contribution >= 0.6 is 0 Å². The van der Waals surface area contributed by atoms with Crippen molar-refractivity contribution in [3.63, 3.8) is 0 Å². The number of nitrogens with zero attached hydrogens (tertiary/aromatic N) is 1. The number of Topliss-reactive ketones (excluding diaryl/α,β-unsaturated/α-hetero) is 1. The number of hydrogen-bond acceptors (Lipinski definition) is 2. The van der Waals surface area contributed by atoms with E-state index in [0.717, 1.165) is 18.5 Å². The van der Waals surface area contributed by atoms with E-state index in [1.54, 1.807) is 12.5 Å². The molecule has 92 valence electrons. The standard InChI is InChI=1S/C14H20N2O/c17-13(12-9-15-10-16-12)14-7-3-1-5-11(14)6-2-4-8-14/h9-11H,1-8H2,(H,15,16). The van der Waals surface area contributed by atoms with Gasteiger partial charge < -0.3 is 4.98 Å². The first-order chi connectivity index (χ1) is 8.33. The highest BCUT2D eigenvalue weighted by Crippen LogP contribution is 2.51. The van der Waals surface area contributed by atoms with Crippen molar-refractivity contribution in [1.82, 2.24) is 9.97 Å². The molecule has 3 nitrogen and oxygen atoms in total. The number of rotatable bonds is 2. The second kappa shape index (κ2) is 4.28. The number of aromatic amines is 1. The predicted octanol–water partition coefficient (Wildman–Crippen LogP) is 3.34. The van der Waals surface area contributed by atoms with Crippen LogP contribution in [0.1, 0.15) is 61.9 Å². The molecule has 0 amide bonds. The molecule has 1 heterocycles. The summed E-state index contributed by atoms with van der Waals surface area (Å²) in [5.41, 5.74) is 0.669. The van der Waals surface area contributed by atoms with Gasteiger partial charge in [0, 0.05) is 5.41 Å². The molecule has 0 spiro atoms. The molecule has 0 aromatic carbocycles. The Labute approximate surface area is 102 Å². The molecule has 17 heavy (non-hydrogen) atoms. The maximum atomic E-state index is 12.7. The summed E-state index contributed by atoms with van der Waals surface area (Å²) in [5, 5.41) is 0. The third-order valence-electron chi connectivity index (χ3n) is 4.83. The molecule has 2 aliphatic rings. The van der Waals surface area contributed by atoms with E-state index in [1.165, 1.54) is 38.5 Å². The lowest BCUT2D eigenvalue weighted by atomic mass is 9.57. The van der Waals surface area contributed by atoms with Crippen LogP contribution in [0.2, 0.25) is 0 Å². The molecule has 1 N–H and O–H groups in total. The van der Waals surface area contributed by atoms with E-state index >= 15 is 0 Å². The van der Waals surface area contributed by atoms with Gasteiger partial charge in [0.05, 0.1) is 12.5 Å². The molecule has 1 aromatic rings. The molecular formula is C14H20N2O. The normalized spacial score (nSPS) is 33.1. The van der Waals surface area contributed by atoms with E-state index in [-0.39, 0.29) is 5.41 Å². The SMILES string of the molecule is O=C(c1cnc[nH]1)C12CCCCC1CCCC2. The second-order valence-corrected chi connectivity index (χ2v) is 5.64. The van der Waals surface area contributed by atoms with Crippen LogP contribution in [0.4, 0.5) is 0 Å². The number of fused-ring (bicyclic) bond motifs is 1. The average molecular weight is 232 g/mol. The fourth-order valence-electron chi connectivity index (χ4n) is 3.95. The van der Waals surface area contributed by atoms with Gasteiger partial charge in [-0.05, 0) is 31.6 Å². The second-order valence-electron chi connectivity index (χ2n) is 5.64. The van der Waals surface area contributed by atoms with Crippen molar-refractivity contribution in [1.29, 1.82) is 0 Å². The van der Waals surface area contributed by atoms with E-state index in [2.05, 4.69) is 9.97 Å². The molecule has 1 aromatic heterocycles. The summed E-state index contributed by atoms with van der Waals surface area (Å²) in [6.07, 6.45) is 13.0. The van der Waals surface area contributed by atoms with Crippen LogP contribution in [-0.4, -0.2) is 15.8 Å². The first kappa shape index (κ1) is 11.0. The van der Waals surface area contributed by atoms with Gasteiger partial charge in [-0.1, -0.05) is 25.7 Å². The van der Waals surface area contributed by atoms with E-state index < -0.39 is 0 Å². The number of imidazole rings is 1. The van der Waals surface area contributed by atoms with Crippen molar-refractivity contribution in [2.24, 2.45) is 11.3 Å². The molecule has 0 radical (unpaired) electrons. The molecular weight excluding hydrogens is 212 g/mol. The van der Waals surface area contributed by atoms with E-state index in [0.29, 0.717) is 11.7 Å². The minimum atomic E-state index is -0.0525. The summed E-state index contributed by atoms with van der Waals surface area (Å²) in [5.74, 6) is 0.959. The van der Waals surface area contributed by atoms with Crippen LogP contribution in [0.15, 0.2) is 12.5 Å². The van der Waals surface area contributed by atoms with Crippen molar-refractivity contribution < 1.29 is 4.79 Å². The number of ketones is 1. The van der Waals surface area contributed by atoms with E-state index in [1.807, 2.05) is 0 Å². The number of nitrogens with one attached hydrogen (secondary N) is 1. The zero-order valence-electron chi connectivity index (χ0n) is 10.2. The van der Waals surface area contributed by atoms with Crippen molar-refractivity contribution in [2.75, 3.05) is 0 Å². The quantitative estimate of drug-likeness (QED) is 0.795. The topological polar surface area (TPSA) is 45.8 Å². The van der Waals surface area contributed by atoms with Gasteiger partial charge in [-0.25, -0.2) is 4.98 Å². The molecule has 3 heteroatoms. The molecule has 0 saturated heterocycles. The van der Waals surface area contributed by atoms with Gasteiger partial charge in [0.15, 0.2) is 5.78 Å². The zero-order chi connectivity index (χ0) is 11.7. The Morgan fingerprint density at radius 1 is 1.24 bits per heavy atom. The highest BCUT2D eigenvalue weighted by atomic mass is 16.1. The molecule has 2 fully saturated rings. The molecule has 2 aliphatic carbocycles. The highest BCUT2D eigenvalue weighted by molar-refractivity contribution is 5.99. The van der Waals surface area contributed by atoms with Crippen LogP contribution < -0.4 is 0 Å². The largest absolute Gasteiger partial charge is 0.342 e. The minimum Gasteiger partial charge on any atom is -0.342 e. The molecule has 3 rings (SSSR count). The summed E-state index contributed by atoms with van der Waals surface area (Å²) in [6, 6.07) is 0. The molecule has 0 unspecified atom stereocenters. The lowest BCUT2D eigenvalue weighted by Crippen LogP contribution is -2.43. The Morgan fingerprint density at radius 2 is 1.94 bits per heavy atom. The Bertz CT molecular complexity index is 384. The summed E-state index contributed by atoms with van der Waals surface area (Å²) in [7, 11) is 0. The number of hydrogen-bond donors (Lipinski definition) is 1. The fourth-order valence-corrected chi connectivity index (χ4v) is 3.95. The van der Waals surface area contributed by atoms with Crippen LogP contribution in [0.3, 0.4) is 0 Å². The van der Waals surface area contributed by atoms with Crippen molar-refractivity contribution in [3.8, 4) is 0 Å². The molecule has 0 atom stereocenters. The van der Waals surface area contributed by atoms with Gasteiger partial charge in [-0.3, -0.25) is 4.79 Å². The molecule has 0 bridgehead atoms. The van der Waals surface area contributed by atoms with Crippen molar-refractivity contribution in [2.45, 2.75) is 51.4 Å². The highest BCUT2D eigenvalue weighted by Gasteiger charge is 2.48. The van der Waals surface area contributed by atoms with Gasteiger partial charge in [-0.15, -0.1) is 0 Å². The summed E-state index contributed by atoms with van der Waals surface area (Å²) in [4.78, 5) is 19.7. The third kappa shape index (κ3) is 1.72.